The second kappa shape index (κ2) is 7.25. The first-order valence-corrected chi connectivity index (χ1v) is 10.8. The van der Waals surface area contributed by atoms with Crippen LogP contribution < -0.4 is 4.74 Å². The maximum atomic E-state index is 12.6. The molecule has 0 saturated carbocycles. The molecule has 1 unspecified atom stereocenters. The van der Waals surface area contributed by atoms with Gasteiger partial charge in [-0.05, 0) is 38.5 Å². The average molecular weight is 416 g/mol. The van der Waals surface area contributed by atoms with Gasteiger partial charge >= 0.3 is 0 Å². The molecule has 2 heterocycles. The lowest BCUT2D eigenvalue weighted by Gasteiger charge is -2.16. The zero-order valence-corrected chi connectivity index (χ0v) is 16.8. The Kier molecular flexibility index (Phi) is 5.37. The van der Waals surface area contributed by atoms with Gasteiger partial charge < -0.3 is 9.30 Å². The lowest BCUT2D eigenvalue weighted by Crippen LogP contribution is -2.16. The SMILES string of the molecule is Cc1cc(C(=O)COc2ccc(Cl)c(Cl)c2)c(C)n1C1CCS(=O)(=O)C1. The molecule has 1 fully saturated rings. The van der Waals surface area contributed by atoms with Crippen molar-refractivity contribution in [1.29, 1.82) is 0 Å². The van der Waals surface area contributed by atoms with Crippen molar-refractivity contribution >= 4 is 38.8 Å². The van der Waals surface area contributed by atoms with E-state index < -0.39 is 9.84 Å². The molecule has 0 amide bonds. The Morgan fingerprint density at radius 3 is 2.58 bits per heavy atom. The van der Waals surface area contributed by atoms with E-state index in [2.05, 4.69) is 0 Å². The number of benzene rings is 1. The first kappa shape index (κ1) is 19.3. The number of Topliss-reactive ketones (excluding diaryl/α,β-unsaturated/α-hetero) is 1. The molecule has 0 bridgehead atoms. The van der Waals surface area contributed by atoms with E-state index in [4.69, 9.17) is 27.9 Å². The number of rotatable bonds is 5. The first-order chi connectivity index (χ1) is 12.2. The molecule has 0 aliphatic carbocycles. The van der Waals surface area contributed by atoms with Gasteiger partial charge in [0.1, 0.15) is 5.75 Å². The van der Waals surface area contributed by atoms with E-state index in [-0.39, 0.29) is 29.9 Å². The number of ketones is 1. The Bertz CT molecular complexity index is 966. The van der Waals surface area contributed by atoms with E-state index in [1.54, 1.807) is 24.3 Å². The molecule has 0 spiro atoms. The molecular formula is C18H19Cl2NO4S. The summed E-state index contributed by atoms with van der Waals surface area (Å²) in [6.45, 7) is 3.59. The number of carbonyl (C=O) groups is 1. The number of carbonyl (C=O) groups excluding carboxylic acids is 1. The summed E-state index contributed by atoms with van der Waals surface area (Å²) in [5.74, 6) is 0.606. The Morgan fingerprint density at radius 1 is 1.23 bits per heavy atom. The van der Waals surface area contributed by atoms with E-state index in [0.717, 1.165) is 11.4 Å². The maximum Gasteiger partial charge on any atom is 0.202 e. The fraction of sp³-hybridized carbons (Fsp3) is 0.389. The maximum absolute atomic E-state index is 12.6. The Labute approximate surface area is 162 Å². The minimum atomic E-state index is -3.00. The summed E-state index contributed by atoms with van der Waals surface area (Å²) in [7, 11) is -3.00. The molecule has 1 aromatic carbocycles. The lowest BCUT2D eigenvalue weighted by molar-refractivity contribution is 0.0920. The number of sulfone groups is 1. The zero-order valence-electron chi connectivity index (χ0n) is 14.5. The van der Waals surface area contributed by atoms with Crippen molar-refractivity contribution in [3.05, 3.63) is 51.3 Å². The van der Waals surface area contributed by atoms with E-state index in [1.807, 2.05) is 18.4 Å². The standard InChI is InChI=1S/C18H19Cl2NO4S/c1-11-7-15(12(2)21(11)13-5-6-26(23,24)10-13)18(22)9-25-14-3-4-16(19)17(20)8-14/h3-4,7-8,13H,5-6,9-10H2,1-2H3. The molecule has 3 rings (SSSR count). The first-order valence-electron chi connectivity index (χ1n) is 8.18. The van der Waals surface area contributed by atoms with Crippen molar-refractivity contribution in [1.82, 2.24) is 4.57 Å². The number of nitrogens with zero attached hydrogens (tertiary/aromatic N) is 1. The van der Waals surface area contributed by atoms with Gasteiger partial charge in [0.05, 0.1) is 21.6 Å². The van der Waals surface area contributed by atoms with E-state index in [0.29, 0.717) is 27.8 Å². The van der Waals surface area contributed by atoms with Crippen molar-refractivity contribution in [3.8, 4) is 5.75 Å². The molecule has 1 aliphatic heterocycles. The number of aryl methyl sites for hydroxylation is 1. The van der Waals surface area contributed by atoms with E-state index in [9.17, 15) is 13.2 Å². The van der Waals surface area contributed by atoms with Crippen LogP contribution in [0.3, 0.4) is 0 Å². The minimum absolute atomic E-state index is 0.113. The van der Waals surface area contributed by atoms with Crippen LogP contribution in [-0.2, 0) is 9.84 Å². The quantitative estimate of drug-likeness (QED) is 0.691. The summed E-state index contributed by atoms with van der Waals surface area (Å²) < 4.78 is 31.0. The summed E-state index contributed by atoms with van der Waals surface area (Å²) in [5.41, 5.74) is 2.20. The van der Waals surface area contributed by atoms with E-state index in [1.165, 1.54) is 0 Å². The third-order valence-electron chi connectivity index (χ3n) is 4.62. The highest BCUT2D eigenvalue weighted by atomic mass is 35.5. The van der Waals surface area contributed by atoms with Crippen molar-refractivity contribution in [2.75, 3.05) is 18.1 Å². The van der Waals surface area contributed by atoms with Gasteiger partial charge in [-0.25, -0.2) is 8.42 Å². The van der Waals surface area contributed by atoms with Crippen LogP contribution in [0.25, 0.3) is 0 Å². The number of halogens is 2. The third kappa shape index (κ3) is 3.92. The van der Waals surface area contributed by atoms with Crippen LogP contribution in [0.5, 0.6) is 5.75 Å². The summed E-state index contributed by atoms with van der Waals surface area (Å²) in [6, 6.07) is 6.49. The predicted octanol–water partition coefficient (Wildman–Crippen LogP) is 4.03. The summed E-state index contributed by atoms with van der Waals surface area (Å²) in [4.78, 5) is 12.6. The van der Waals surface area contributed by atoms with Crippen molar-refractivity contribution in [3.63, 3.8) is 0 Å². The fourth-order valence-electron chi connectivity index (χ4n) is 3.39. The highest BCUT2D eigenvalue weighted by Crippen LogP contribution is 2.30. The monoisotopic (exact) mass is 415 g/mol. The number of ether oxygens (including phenoxy) is 1. The van der Waals surface area contributed by atoms with Gasteiger partial charge in [0.25, 0.3) is 0 Å². The molecular weight excluding hydrogens is 397 g/mol. The molecule has 0 N–H and O–H groups in total. The molecule has 26 heavy (non-hydrogen) atoms. The highest BCUT2D eigenvalue weighted by molar-refractivity contribution is 7.91. The molecule has 2 aromatic rings. The van der Waals surface area contributed by atoms with Crippen LogP contribution in [0, 0.1) is 13.8 Å². The minimum Gasteiger partial charge on any atom is -0.485 e. The van der Waals surface area contributed by atoms with Crippen LogP contribution in [0.15, 0.2) is 24.3 Å². The predicted molar refractivity (Wildman–Crippen MR) is 103 cm³/mol. The van der Waals surface area contributed by atoms with E-state index >= 15 is 0 Å². The molecule has 1 saturated heterocycles. The van der Waals surface area contributed by atoms with Gasteiger partial charge in [0.2, 0.25) is 5.78 Å². The second-order valence-electron chi connectivity index (χ2n) is 6.50. The number of aromatic nitrogens is 1. The van der Waals surface area contributed by atoms with Crippen molar-refractivity contribution < 1.29 is 17.9 Å². The zero-order chi connectivity index (χ0) is 19.1. The van der Waals surface area contributed by atoms with Crippen LogP contribution >= 0.6 is 23.2 Å². The van der Waals surface area contributed by atoms with Gasteiger partial charge in [0.15, 0.2) is 16.4 Å². The van der Waals surface area contributed by atoms with Gasteiger partial charge in [0, 0.05) is 29.1 Å². The Hall–Kier alpha value is -1.50. The molecule has 1 aromatic heterocycles. The Balaban J connectivity index is 1.76. The van der Waals surface area contributed by atoms with Crippen LogP contribution in [0.4, 0.5) is 0 Å². The lowest BCUT2D eigenvalue weighted by atomic mass is 10.1. The van der Waals surface area contributed by atoms with Gasteiger partial charge in [-0.1, -0.05) is 23.2 Å². The van der Waals surface area contributed by atoms with Crippen molar-refractivity contribution in [2.45, 2.75) is 26.3 Å². The number of hydrogen-bond acceptors (Lipinski definition) is 4. The normalized spacial score (nSPS) is 18.8. The summed E-state index contributed by atoms with van der Waals surface area (Å²) >= 11 is 11.8. The van der Waals surface area contributed by atoms with Gasteiger partial charge in [-0.2, -0.15) is 0 Å². The number of hydrogen-bond donors (Lipinski definition) is 0. The average Bonchev–Trinajstić information content (AvgIpc) is 3.07. The van der Waals surface area contributed by atoms with Crippen LogP contribution in [0.2, 0.25) is 10.0 Å². The molecule has 5 nitrogen and oxygen atoms in total. The second-order valence-corrected chi connectivity index (χ2v) is 9.54. The Morgan fingerprint density at radius 2 is 1.96 bits per heavy atom. The molecule has 1 aliphatic rings. The van der Waals surface area contributed by atoms with Crippen molar-refractivity contribution in [2.24, 2.45) is 0 Å². The van der Waals surface area contributed by atoms with Gasteiger partial charge in [-0.15, -0.1) is 0 Å². The molecule has 8 heteroatoms. The largest absolute Gasteiger partial charge is 0.485 e. The van der Waals surface area contributed by atoms with Gasteiger partial charge in [-0.3, -0.25) is 4.79 Å². The highest BCUT2D eigenvalue weighted by Gasteiger charge is 2.31. The molecule has 1 atom stereocenters. The molecule has 0 radical (unpaired) electrons. The third-order valence-corrected chi connectivity index (χ3v) is 7.11. The fourth-order valence-corrected chi connectivity index (χ4v) is 5.38. The summed E-state index contributed by atoms with van der Waals surface area (Å²) in [5, 5.41) is 0.776. The van der Waals surface area contributed by atoms with Crippen LogP contribution in [0.1, 0.15) is 34.2 Å². The molecule has 140 valence electrons. The summed E-state index contributed by atoms with van der Waals surface area (Å²) in [6.07, 6.45) is 0.575. The smallest absolute Gasteiger partial charge is 0.202 e. The topological polar surface area (TPSA) is 65.4 Å². The van der Waals surface area contributed by atoms with Crippen LogP contribution in [-0.4, -0.2) is 36.9 Å².